The van der Waals surface area contributed by atoms with Crippen LogP contribution in [0.25, 0.3) is 10.8 Å². The number of rotatable bonds is 9. The minimum atomic E-state index is -0.460. The van der Waals surface area contributed by atoms with E-state index >= 15 is 0 Å². The molecule has 0 spiro atoms. The third-order valence-corrected chi connectivity index (χ3v) is 8.46. The van der Waals surface area contributed by atoms with Gasteiger partial charge >= 0.3 is 0 Å². The number of carbonyl (C=O) groups is 1. The van der Waals surface area contributed by atoms with Gasteiger partial charge in [-0.15, -0.1) is 0 Å². The normalized spacial score (nSPS) is 19.1. The van der Waals surface area contributed by atoms with Gasteiger partial charge < -0.3 is 29.1 Å². The van der Waals surface area contributed by atoms with E-state index in [1.165, 1.54) is 12.8 Å². The number of fused-ring (bicyclic) bond motifs is 2. The lowest BCUT2D eigenvalue weighted by atomic mass is 9.93. The van der Waals surface area contributed by atoms with Crippen LogP contribution in [-0.4, -0.2) is 81.0 Å². The Morgan fingerprint density at radius 3 is 2.58 bits per heavy atom. The second-order valence-electron chi connectivity index (χ2n) is 11.2. The zero-order chi connectivity index (χ0) is 28.1. The van der Waals surface area contributed by atoms with Gasteiger partial charge in [0.15, 0.2) is 11.5 Å². The molecule has 7 heteroatoms. The quantitative estimate of drug-likeness (QED) is 0.409. The third kappa shape index (κ3) is 6.37. The lowest BCUT2D eigenvalue weighted by Gasteiger charge is -2.36. The Balaban J connectivity index is 1.23. The van der Waals surface area contributed by atoms with E-state index < -0.39 is 6.10 Å². The predicted molar refractivity (Wildman–Crippen MR) is 158 cm³/mol. The average Bonchev–Trinajstić information content (AvgIpc) is 2.95. The molecule has 0 aliphatic carbocycles. The molecular weight excluding hydrogens is 504 g/mol. The minimum Gasteiger partial charge on any atom is -0.497 e. The van der Waals surface area contributed by atoms with Gasteiger partial charge in [-0.1, -0.05) is 37.1 Å². The summed E-state index contributed by atoms with van der Waals surface area (Å²) in [4.78, 5) is 17.9. The summed E-state index contributed by atoms with van der Waals surface area (Å²) >= 11 is 0. The first-order chi connectivity index (χ1) is 19.5. The van der Waals surface area contributed by atoms with E-state index in [1.807, 2.05) is 29.2 Å². The summed E-state index contributed by atoms with van der Waals surface area (Å²) in [5, 5.41) is 13.5. The van der Waals surface area contributed by atoms with Gasteiger partial charge in [0.25, 0.3) is 5.91 Å². The molecule has 2 atom stereocenters. The van der Waals surface area contributed by atoms with E-state index in [-0.39, 0.29) is 5.91 Å². The lowest BCUT2D eigenvalue weighted by Crippen LogP contribution is -2.45. The Morgan fingerprint density at radius 1 is 0.950 bits per heavy atom. The Labute approximate surface area is 237 Å². The summed E-state index contributed by atoms with van der Waals surface area (Å²) in [7, 11) is 4.91. The molecule has 2 heterocycles. The maximum absolute atomic E-state index is 13.5. The molecule has 2 unspecified atom stereocenters. The van der Waals surface area contributed by atoms with Crippen LogP contribution in [0.15, 0.2) is 48.5 Å². The zero-order valence-corrected chi connectivity index (χ0v) is 24.0. The topological polar surface area (TPSA) is 71.5 Å². The number of hydrogen-bond acceptors (Lipinski definition) is 6. The number of ether oxygens (including phenoxy) is 3. The first kappa shape index (κ1) is 28.2. The number of amides is 1. The van der Waals surface area contributed by atoms with Crippen LogP contribution in [0.4, 0.5) is 0 Å². The van der Waals surface area contributed by atoms with E-state index in [2.05, 4.69) is 29.2 Å². The summed E-state index contributed by atoms with van der Waals surface area (Å²) in [6, 6.07) is 16.1. The van der Waals surface area contributed by atoms with Crippen LogP contribution in [0.5, 0.6) is 17.2 Å². The first-order valence-corrected chi connectivity index (χ1v) is 14.5. The molecule has 2 aliphatic heterocycles. The summed E-state index contributed by atoms with van der Waals surface area (Å²) in [6.07, 6.45) is 5.57. The van der Waals surface area contributed by atoms with Crippen molar-refractivity contribution in [1.29, 1.82) is 0 Å². The number of carbonyl (C=O) groups excluding carboxylic acids is 1. The molecule has 3 aromatic carbocycles. The molecule has 1 amide bonds. The monoisotopic (exact) mass is 546 g/mol. The Kier molecular flexibility index (Phi) is 9.12. The van der Waals surface area contributed by atoms with Crippen molar-refractivity contribution >= 4 is 16.7 Å². The molecule has 1 N–H and O–H groups in total. The number of methoxy groups -OCH3 is 3. The maximum atomic E-state index is 13.5. The van der Waals surface area contributed by atoms with E-state index in [0.717, 1.165) is 72.1 Å². The second-order valence-corrected chi connectivity index (χ2v) is 11.2. The summed E-state index contributed by atoms with van der Waals surface area (Å²) in [5.41, 5.74) is 2.89. The number of hydrogen-bond donors (Lipinski definition) is 1. The van der Waals surface area contributed by atoms with Crippen molar-refractivity contribution in [3.05, 3.63) is 65.2 Å². The van der Waals surface area contributed by atoms with Crippen molar-refractivity contribution < 1.29 is 24.1 Å². The Morgan fingerprint density at radius 2 is 1.77 bits per heavy atom. The Bertz CT molecular complexity index is 1330. The van der Waals surface area contributed by atoms with E-state index in [4.69, 9.17) is 14.2 Å². The van der Waals surface area contributed by atoms with Crippen LogP contribution in [0.3, 0.4) is 0 Å². The standard InChI is InChI=1S/C33H42N2O5/c1-38-28-11-12-29-24(9-7-10-25(29)17-28)16-27(36)22-34-14-6-4-5-8-23(20-34)21-35-15-13-26-18-31(39-2)32(40-3)19-30(26)33(35)37/h7,9-12,17-19,23,27,36H,4-6,8,13-16,20-22H2,1-3H3. The summed E-state index contributed by atoms with van der Waals surface area (Å²) < 4.78 is 16.3. The molecule has 214 valence electrons. The number of benzene rings is 3. The van der Waals surface area contributed by atoms with Gasteiger partial charge in [-0.25, -0.2) is 0 Å². The molecular formula is C33H42N2O5. The summed E-state index contributed by atoms with van der Waals surface area (Å²) in [5.74, 6) is 2.55. The minimum absolute atomic E-state index is 0.0726. The fraction of sp³-hybridized carbons (Fsp3) is 0.485. The van der Waals surface area contributed by atoms with Gasteiger partial charge in [0.05, 0.1) is 27.4 Å². The van der Waals surface area contributed by atoms with Crippen molar-refractivity contribution in [2.75, 3.05) is 54.1 Å². The van der Waals surface area contributed by atoms with Crippen LogP contribution in [0.2, 0.25) is 0 Å². The highest BCUT2D eigenvalue weighted by Crippen LogP contribution is 2.34. The number of β-amino-alcohol motifs (C(OH)–C–C–N with tert-alkyl or cyclic N) is 1. The second kappa shape index (κ2) is 12.9. The van der Waals surface area contributed by atoms with Crippen molar-refractivity contribution in [3.63, 3.8) is 0 Å². The zero-order valence-electron chi connectivity index (χ0n) is 24.0. The van der Waals surface area contributed by atoms with Crippen LogP contribution in [0.1, 0.15) is 47.2 Å². The highest BCUT2D eigenvalue weighted by molar-refractivity contribution is 5.97. The van der Waals surface area contributed by atoms with Crippen molar-refractivity contribution in [1.82, 2.24) is 9.80 Å². The molecule has 0 bridgehead atoms. The van der Waals surface area contributed by atoms with E-state index in [0.29, 0.717) is 36.9 Å². The first-order valence-electron chi connectivity index (χ1n) is 14.5. The number of nitrogens with zero attached hydrogens (tertiary/aromatic N) is 2. The van der Waals surface area contributed by atoms with Crippen molar-refractivity contribution in [2.45, 2.75) is 44.6 Å². The molecule has 7 nitrogen and oxygen atoms in total. The molecule has 0 saturated carbocycles. The molecule has 2 aliphatic rings. The fourth-order valence-corrected chi connectivity index (χ4v) is 6.40. The molecule has 40 heavy (non-hydrogen) atoms. The van der Waals surface area contributed by atoms with Crippen LogP contribution in [-0.2, 0) is 12.8 Å². The van der Waals surface area contributed by atoms with Gasteiger partial charge in [-0.2, -0.15) is 0 Å². The molecule has 0 aromatic heterocycles. The molecule has 1 fully saturated rings. The van der Waals surface area contributed by atoms with Gasteiger partial charge in [0, 0.05) is 38.2 Å². The molecule has 5 rings (SSSR count). The third-order valence-electron chi connectivity index (χ3n) is 8.46. The molecule has 0 radical (unpaired) electrons. The number of aliphatic hydroxyl groups is 1. The van der Waals surface area contributed by atoms with Crippen LogP contribution in [0, 0.1) is 5.92 Å². The number of aliphatic hydroxyl groups excluding tert-OH is 1. The van der Waals surface area contributed by atoms with Gasteiger partial charge in [0.1, 0.15) is 5.75 Å². The molecule has 1 saturated heterocycles. The van der Waals surface area contributed by atoms with Crippen molar-refractivity contribution in [3.8, 4) is 17.2 Å². The van der Waals surface area contributed by atoms with E-state index in [1.54, 1.807) is 21.3 Å². The Hall–Kier alpha value is -3.29. The average molecular weight is 547 g/mol. The molecule has 3 aromatic rings. The number of likely N-dealkylation sites (tertiary alicyclic amines) is 1. The SMILES string of the molecule is COc1ccc2c(CC(O)CN3CCCCCC(CN4CCc5cc(OC)c(OC)cc5C4=O)C3)cccc2c1. The summed E-state index contributed by atoms with van der Waals surface area (Å²) in [6.45, 7) is 3.97. The fourth-order valence-electron chi connectivity index (χ4n) is 6.40. The highest BCUT2D eigenvalue weighted by atomic mass is 16.5. The highest BCUT2D eigenvalue weighted by Gasteiger charge is 2.29. The van der Waals surface area contributed by atoms with Crippen LogP contribution >= 0.6 is 0 Å². The lowest BCUT2D eigenvalue weighted by molar-refractivity contribution is 0.0633. The van der Waals surface area contributed by atoms with Gasteiger partial charge in [0.2, 0.25) is 0 Å². The van der Waals surface area contributed by atoms with Gasteiger partial charge in [-0.05, 0) is 77.9 Å². The smallest absolute Gasteiger partial charge is 0.254 e. The van der Waals surface area contributed by atoms with Crippen molar-refractivity contribution in [2.24, 2.45) is 5.92 Å². The predicted octanol–water partition coefficient (Wildman–Crippen LogP) is 4.96. The van der Waals surface area contributed by atoms with E-state index in [9.17, 15) is 9.90 Å². The van der Waals surface area contributed by atoms with Crippen LogP contribution < -0.4 is 14.2 Å². The van der Waals surface area contributed by atoms with Gasteiger partial charge in [-0.3, -0.25) is 4.79 Å². The largest absolute Gasteiger partial charge is 0.497 e. The maximum Gasteiger partial charge on any atom is 0.254 e.